The third-order valence-corrected chi connectivity index (χ3v) is 4.14. The molecule has 3 rings (SSSR count). The van der Waals surface area contributed by atoms with Crippen molar-refractivity contribution < 1.29 is 4.79 Å². The summed E-state index contributed by atoms with van der Waals surface area (Å²) in [4.78, 5) is 14.5. The molecular weight excluding hydrogens is 238 g/mol. The summed E-state index contributed by atoms with van der Waals surface area (Å²) in [5.74, 6) is 0.739. The van der Waals surface area contributed by atoms with E-state index in [1.54, 1.807) is 0 Å². The molecule has 0 bridgehead atoms. The normalized spacial score (nSPS) is 25.9. The smallest absolute Gasteiger partial charge is 0.242 e. The number of para-hydroxylation sites is 1. The fourth-order valence-electron chi connectivity index (χ4n) is 3.02. The highest BCUT2D eigenvalue weighted by atomic mass is 16.2. The van der Waals surface area contributed by atoms with Gasteiger partial charge in [0.15, 0.2) is 0 Å². The number of likely N-dealkylation sites (tertiary alicyclic amines) is 1. The fourth-order valence-corrected chi connectivity index (χ4v) is 3.02. The molecule has 2 heterocycles. The van der Waals surface area contributed by atoms with Gasteiger partial charge in [-0.1, -0.05) is 18.2 Å². The van der Waals surface area contributed by atoms with Crippen LogP contribution in [-0.2, 0) is 11.2 Å². The average molecular weight is 259 g/mol. The molecule has 1 saturated heterocycles. The molecule has 2 aliphatic heterocycles. The number of fused-ring (bicyclic) bond motifs is 1. The van der Waals surface area contributed by atoms with E-state index in [1.807, 2.05) is 18.2 Å². The third-order valence-electron chi connectivity index (χ3n) is 4.14. The second-order valence-corrected chi connectivity index (χ2v) is 5.72. The number of hydrogen-bond donors (Lipinski definition) is 2. The largest absolute Gasteiger partial charge is 0.373 e. The molecule has 2 aliphatic rings. The zero-order chi connectivity index (χ0) is 13.2. The van der Waals surface area contributed by atoms with Crippen molar-refractivity contribution in [2.24, 2.45) is 5.92 Å². The summed E-state index contributed by atoms with van der Waals surface area (Å²) in [7, 11) is 2.14. The number of nitrogens with one attached hydrogen (secondary N) is 2. The lowest BCUT2D eigenvalue weighted by molar-refractivity contribution is -0.121. The Labute approximate surface area is 114 Å². The van der Waals surface area contributed by atoms with Crippen molar-refractivity contribution >= 4 is 11.6 Å². The van der Waals surface area contributed by atoms with Crippen molar-refractivity contribution in [1.82, 2.24) is 10.2 Å². The van der Waals surface area contributed by atoms with Crippen molar-refractivity contribution in [3.05, 3.63) is 29.8 Å². The number of anilines is 1. The average Bonchev–Trinajstić information content (AvgIpc) is 3.01. The molecule has 4 heteroatoms. The van der Waals surface area contributed by atoms with E-state index in [9.17, 15) is 4.79 Å². The molecule has 0 aromatic heterocycles. The summed E-state index contributed by atoms with van der Waals surface area (Å²) in [5.41, 5.74) is 2.34. The van der Waals surface area contributed by atoms with E-state index in [1.165, 1.54) is 12.0 Å². The van der Waals surface area contributed by atoms with Crippen molar-refractivity contribution in [2.45, 2.75) is 18.9 Å². The molecule has 0 saturated carbocycles. The molecule has 0 aliphatic carbocycles. The number of rotatable bonds is 3. The van der Waals surface area contributed by atoms with Gasteiger partial charge < -0.3 is 15.5 Å². The van der Waals surface area contributed by atoms with Crippen LogP contribution in [-0.4, -0.2) is 43.5 Å². The second kappa shape index (κ2) is 5.21. The van der Waals surface area contributed by atoms with Gasteiger partial charge in [-0.3, -0.25) is 4.79 Å². The maximum Gasteiger partial charge on any atom is 0.242 e. The predicted octanol–water partition coefficient (Wildman–Crippen LogP) is 1.09. The molecular formula is C15H21N3O. The molecule has 1 amide bonds. The predicted molar refractivity (Wildman–Crippen MR) is 76.2 cm³/mol. The van der Waals surface area contributed by atoms with Crippen LogP contribution in [0.15, 0.2) is 24.3 Å². The van der Waals surface area contributed by atoms with Gasteiger partial charge in [0.25, 0.3) is 0 Å². The molecule has 2 N–H and O–H groups in total. The molecule has 0 spiro atoms. The van der Waals surface area contributed by atoms with Crippen LogP contribution in [0.25, 0.3) is 0 Å². The first-order valence-electron chi connectivity index (χ1n) is 7.03. The van der Waals surface area contributed by atoms with E-state index in [-0.39, 0.29) is 11.9 Å². The Hall–Kier alpha value is -1.55. The molecule has 1 aromatic rings. The number of nitrogens with zero attached hydrogens (tertiary/aromatic N) is 1. The number of carbonyl (C=O) groups is 1. The highest BCUT2D eigenvalue weighted by Crippen LogP contribution is 2.25. The van der Waals surface area contributed by atoms with Crippen LogP contribution in [0.3, 0.4) is 0 Å². The first-order valence-corrected chi connectivity index (χ1v) is 7.03. The summed E-state index contributed by atoms with van der Waals surface area (Å²) in [6, 6.07) is 8.04. The van der Waals surface area contributed by atoms with Gasteiger partial charge in [0.1, 0.15) is 6.04 Å². The van der Waals surface area contributed by atoms with E-state index in [0.717, 1.165) is 31.7 Å². The molecule has 0 radical (unpaired) electrons. The van der Waals surface area contributed by atoms with Crippen LogP contribution in [0.2, 0.25) is 0 Å². The Morgan fingerprint density at radius 2 is 2.32 bits per heavy atom. The van der Waals surface area contributed by atoms with Gasteiger partial charge in [-0.15, -0.1) is 0 Å². The Bertz CT molecular complexity index is 449. The van der Waals surface area contributed by atoms with Gasteiger partial charge in [-0.2, -0.15) is 0 Å². The zero-order valence-corrected chi connectivity index (χ0v) is 11.4. The Kier molecular flexibility index (Phi) is 3.42. The van der Waals surface area contributed by atoms with Gasteiger partial charge in [-0.05, 0) is 37.6 Å². The maximum atomic E-state index is 12.2. The minimum atomic E-state index is -0.100. The molecule has 1 unspecified atom stereocenters. The standard InChI is InChI=1S/C15H21N3O/c1-18-7-6-11(10-18)9-16-15(19)14-8-12-4-2-3-5-13(12)17-14/h2-5,11,14,17H,6-10H2,1H3,(H,16,19)/t11?,14-/m0/s1. The minimum absolute atomic E-state index is 0.100. The van der Waals surface area contributed by atoms with Crippen LogP contribution >= 0.6 is 0 Å². The third kappa shape index (κ3) is 2.73. The van der Waals surface area contributed by atoms with Crippen LogP contribution in [0.5, 0.6) is 0 Å². The summed E-state index contributed by atoms with van der Waals surface area (Å²) < 4.78 is 0. The molecule has 2 atom stereocenters. The molecule has 4 nitrogen and oxygen atoms in total. The molecule has 1 fully saturated rings. The zero-order valence-electron chi connectivity index (χ0n) is 11.4. The summed E-state index contributed by atoms with van der Waals surface area (Å²) >= 11 is 0. The summed E-state index contributed by atoms with van der Waals surface area (Å²) in [6.45, 7) is 3.05. The number of benzene rings is 1. The Morgan fingerprint density at radius 1 is 1.47 bits per heavy atom. The number of hydrogen-bond acceptors (Lipinski definition) is 3. The van der Waals surface area contributed by atoms with Crippen molar-refractivity contribution in [3.63, 3.8) is 0 Å². The quantitative estimate of drug-likeness (QED) is 0.854. The Balaban J connectivity index is 1.50. The summed E-state index contributed by atoms with van der Waals surface area (Å²) in [6.07, 6.45) is 1.99. The van der Waals surface area contributed by atoms with Crippen LogP contribution in [0.1, 0.15) is 12.0 Å². The second-order valence-electron chi connectivity index (χ2n) is 5.72. The lowest BCUT2D eigenvalue weighted by atomic mass is 10.1. The van der Waals surface area contributed by atoms with Gasteiger partial charge in [-0.25, -0.2) is 0 Å². The van der Waals surface area contributed by atoms with Gasteiger partial charge in [0.2, 0.25) is 5.91 Å². The highest BCUT2D eigenvalue weighted by Gasteiger charge is 2.27. The van der Waals surface area contributed by atoms with Gasteiger partial charge in [0.05, 0.1) is 0 Å². The van der Waals surface area contributed by atoms with Crippen LogP contribution < -0.4 is 10.6 Å². The van der Waals surface area contributed by atoms with Gasteiger partial charge in [0, 0.05) is 25.2 Å². The Morgan fingerprint density at radius 3 is 3.05 bits per heavy atom. The van der Waals surface area contributed by atoms with E-state index in [2.05, 4.69) is 28.6 Å². The number of amides is 1. The monoisotopic (exact) mass is 259 g/mol. The fraction of sp³-hybridized carbons (Fsp3) is 0.533. The lowest BCUT2D eigenvalue weighted by Crippen LogP contribution is -2.40. The first-order chi connectivity index (χ1) is 9.22. The van der Waals surface area contributed by atoms with Crippen LogP contribution in [0, 0.1) is 5.92 Å². The van der Waals surface area contributed by atoms with Crippen molar-refractivity contribution in [1.29, 1.82) is 0 Å². The van der Waals surface area contributed by atoms with Crippen molar-refractivity contribution in [2.75, 3.05) is 32.0 Å². The minimum Gasteiger partial charge on any atom is -0.373 e. The molecule has 102 valence electrons. The van der Waals surface area contributed by atoms with E-state index in [0.29, 0.717) is 5.92 Å². The molecule has 1 aromatic carbocycles. The van der Waals surface area contributed by atoms with E-state index in [4.69, 9.17) is 0 Å². The van der Waals surface area contributed by atoms with Crippen LogP contribution in [0.4, 0.5) is 5.69 Å². The molecule has 19 heavy (non-hydrogen) atoms. The van der Waals surface area contributed by atoms with E-state index >= 15 is 0 Å². The summed E-state index contributed by atoms with van der Waals surface area (Å²) in [5, 5.41) is 6.39. The van der Waals surface area contributed by atoms with Crippen molar-refractivity contribution in [3.8, 4) is 0 Å². The lowest BCUT2D eigenvalue weighted by Gasteiger charge is -2.15. The SMILES string of the molecule is CN1CCC(CNC(=O)[C@@H]2Cc3ccccc3N2)C1. The maximum absolute atomic E-state index is 12.2. The highest BCUT2D eigenvalue weighted by molar-refractivity contribution is 5.87. The number of carbonyl (C=O) groups excluding carboxylic acids is 1. The van der Waals surface area contributed by atoms with E-state index < -0.39 is 0 Å². The first kappa shape index (κ1) is 12.5. The topological polar surface area (TPSA) is 44.4 Å². The van der Waals surface area contributed by atoms with Gasteiger partial charge >= 0.3 is 0 Å².